The van der Waals surface area contributed by atoms with E-state index >= 15 is 0 Å². The molecule has 5 aromatic rings. The van der Waals surface area contributed by atoms with Crippen molar-refractivity contribution in [3.05, 3.63) is 118 Å². The molecule has 0 radical (unpaired) electrons. The number of rotatable bonds is 3. The lowest BCUT2D eigenvalue weighted by Crippen LogP contribution is -2.46. The average molecular weight is 505 g/mol. The minimum atomic E-state index is -0.319. The number of aliphatic imine (C=N–C) groups is 2. The Morgan fingerprint density at radius 1 is 0.892 bits per heavy atom. The van der Waals surface area contributed by atoms with Gasteiger partial charge >= 0.3 is 0 Å². The number of aromatic nitrogens is 2. The molecule has 7 rings (SSSR count). The number of thiophene rings is 1. The van der Waals surface area contributed by atoms with Crippen LogP contribution in [-0.4, -0.2) is 21.5 Å². The van der Waals surface area contributed by atoms with Crippen LogP contribution in [0, 0.1) is 12.7 Å². The molecule has 0 aliphatic carbocycles. The fraction of sp³-hybridized carbons (Fsp3) is 0.0690. The normalized spacial score (nSPS) is 15.8. The summed E-state index contributed by atoms with van der Waals surface area (Å²) >= 11 is 1.70. The standard InChI is InChI=1S/C29H21FN6S/c1-18-25-26(24-15-8-16-37-24)35-23-14-6-5-13-22(23)32-27(31-20-10-7-9-19(30)17-20)29(35)33-28(25)36(34-18)21-11-3-2-4-12-21/h2-17,26H,1H3,(H,31,32)/t26-/m0/s1. The maximum Gasteiger partial charge on any atom is 0.179 e. The molecule has 0 saturated heterocycles. The highest BCUT2D eigenvalue weighted by Gasteiger charge is 2.41. The maximum atomic E-state index is 14.1. The molecule has 1 atom stereocenters. The second-order valence-electron chi connectivity index (χ2n) is 8.88. The summed E-state index contributed by atoms with van der Waals surface area (Å²) in [5.41, 5.74) is 5.28. The van der Waals surface area contributed by atoms with Gasteiger partial charge in [0.05, 0.1) is 22.8 Å². The highest BCUT2D eigenvalue weighted by Crippen LogP contribution is 2.49. The van der Waals surface area contributed by atoms with Gasteiger partial charge < -0.3 is 10.2 Å². The molecule has 4 heterocycles. The first kappa shape index (κ1) is 21.7. The third-order valence-electron chi connectivity index (χ3n) is 6.54. The van der Waals surface area contributed by atoms with Crippen LogP contribution in [0.3, 0.4) is 0 Å². The topological polar surface area (TPSA) is 57.8 Å². The van der Waals surface area contributed by atoms with Crippen molar-refractivity contribution in [2.75, 3.05) is 10.2 Å². The molecular weight excluding hydrogens is 483 g/mol. The number of nitrogens with zero attached hydrogens (tertiary/aromatic N) is 5. The molecule has 0 saturated carbocycles. The Morgan fingerprint density at radius 3 is 2.54 bits per heavy atom. The average Bonchev–Trinajstić information content (AvgIpc) is 3.57. The van der Waals surface area contributed by atoms with Crippen molar-refractivity contribution in [2.24, 2.45) is 9.98 Å². The summed E-state index contributed by atoms with van der Waals surface area (Å²) in [4.78, 5) is 13.5. The monoisotopic (exact) mass is 504 g/mol. The summed E-state index contributed by atoms with van der Waals surface area (Å²) in [5.74, 6) is 1.66. The van der Waals surface area contributed by atoms with Gasteiger partial charge in [-0.25, -0.2) is 19.1 Å². The van der Waals surface area contributed by atoms with Crippen molar-refractivity contribution in [3.63, 3.8) is 0 Å². The van der Waals surface area contributed by atoms with E-state index < -0.39 is 0 Å². The molecule has 0 unspecified atom stereocenters. The van der Waals surface area contributed by atoms with Crippen LogP contribution in [-0.2, 0) is 0 Å². The SMILES string of the molecule is Cc1nn(-c2ccccc2)c2c1[C@H](c1cccs1)N1C(=N2)C(Nc2cccc(F)c2)=Nc2ccccc21. The lowest BCUT2D eigenvalue weighted by Gasteiger charge is -2.40. The van der Waals surface area contributed by atoms with Crippen molar-refractivity contribution in [1.82, 2.24) is 9.78 Å². The molecule has 0 amide bonds. The van der Waals surface area contributed by atoms with Crippen LogP contribution < -0.4 is 10.2 Å². The van der Waals surface area contributed by atoms with Crippen LogP contribution in [0.25, 0.3) is 5.69 Å². The van der Waals surface area contributed by atoms with E-state index in [1.54, 1.807) is 17.4 Å². The summed E-state index contributed by atoms with van der Waals surface area (Å²) in [6, 6.07) is 28.5. The summed E-state index contributed by atoms with van der Waals surface area (Å²) in [7, 11) is 0. The number of hydrogen-bond acceptors (Lipinski definition) is 6. The number of para-hydroxylation sites is 3. The molecule has 0 spiro atoms. The quantitative estimate of drug-likeness (QED) is 0.283. The molecule has 0 fully saturated rings. The number of aryl methyl sites for hydroxylation is 1. The minimum absolute atomic E-state index is 0.152. The highest BCUT2D eigenvalue weighted by molar-refractivity contribution is 7.10. The lowest BCUT2D eigenvalue weighted by atomic mass is 9.98. The predicted octanol–water partition coefficient (Wildman–Crippen LogP) is 7.18. The molecule has 8 heteroatoms. The van der Waals surface area contributed by atoms with Crippen molar-refractivity contribution >= 4 is 45.9 Å². The molecule has 0 bridgehead atoms. The van der Waals surface area contributed by atoms with Crippen molar-refractivity contribution in [1.29, 1.82) is 0 Å². The van der Waals surface area contributed by atoms with E-state index in [1.807, 2.05) is 66.2 Å². The van der Waals surface area contributed by atoms with Gasteiger partial charge in [0.25, 0.3) is 0 Å². The van der Waals surface area contributed by atoms with Crippen LogP contribution in [0.1, 0.15) is 22.2 Å². The summed E-state index contributed by atoms with van der Waals surface area (Å²) in [6.07, 6.45) is 0. The number of hydrogen-bond donors (Lipinski definition) is 1. The first-order valence-electron chi connectivity index (χ1n) is 11.9. The first-order chi connectivity index (χ1) is 18.2. The fourth-order valence-electron chi connectivity index (χ4n) is 4.97. The van der Waals surface area contributed by atoms with E-state index in [1.165, 1.54) is 17.0 Å². The molecule has 2 aromatic heterocycles. The first-order valence-corrected chi connectivity index (χ1v) is 12.8. The summed E-state index contributed by atoms with van der Waals surface area (Å²) in [5, 5.41) is 10.4. The largest absolute Gasteiger partial charge is 0.337 e. The van der Waals surface area contributed by atoms with E-state index in [-0.39, 0.29) is 11.9 Å². The maximum absolute atomic E-state index is 14.1. The molecule has 3 aromatic carbocycles. The third kappa shape index (κ3) is 3.56. The Balaban J connectivity index is 1.49. The smallest absolute Gasteiger partial charge is 0.179 e. The zero-order valence-corrected chi connectivity index (χ0v) is 20.7. The van der Waals surface area contributed by atoms with E-state index in [0.29, 0.717) is 17.4 Å². The van der Waals surface area contributed by atoms with Crippen LogP contribution >= 0.6 is 11.3 Å². The molecule has 6 nitrogen and oxygen atoms in total. The zero-order valence-electron chi connectivity index (χ0n) is 19.8. The summed E-state index contributed by atoms with van der Waals surface area (Å²) in [6.45, 7) is 2.04. The van der Waals surface area contributed by atoms with Gasteiger partial charge in [-0.3, -0.25) is 0 Å². The van der Waals surface area contributed by atoms with Crippen molar-refractivity contribution in [3.8, 4) is 5.69 Å². The minimum Gasteiger partial charge on any atom is -0.337 e. The van der Waals surface area contributed by atoms with Crippen LogP contribution in [0.5, 0.6) is 0 Å². The van der Waals surface area contributed by atoms with Gasteiger partial charge in [-0.2, -0.15) is 5.10 Å². The Morgan fingerprint density at radius 2 is 1.73 bits per heavy atom. The van der Waals surface area contributed by atoms with E-state index in [0.717, 1.165) is 34.1 Å². The Bertz CT molecular complexity index is 1690. The van der Waals surface area contributed by atoms with Gasteiger partial charge in [-0.15, -0.1) is 11.3 Å². The van der Waals surface area contributed by atoms with Crippen LogP contribution in [0.2, 0.25) is 0 Å². The van der Waals surface area contributed by atoms with Gasteiger partial charge in [0.1, 0.15) is 11.9 Å². The van der Waals surface area contributed by atoms with Crippen molar-refractivity contribution < 1.29 is 4.39 Å². The van der Waals surface area contributed by atoms with Gasteiger partial charge in [0, 0.05) is 16.1 Å². The van der Waals surface area contributed by atoms with E-state index in [4.69, 9.17) is 15.1 Å². The predicted molar refractivity (Wildman–Crippen MR) is 148 cm³/mol. The number of amidine groups is 2. The molecule has 180 valence electrons. The number of benzene rings is 3. The Kier molecular flexibility index (Phi) is 5.00. The lowest BCUT2D eigenvalue weighted by molar-refractivity contribution is 0.628. The van der Waals surface area contributed by atoms with E-state index in [2.05, 4.69) is 33.8 Å². The molecule has 2 aliphatic rings. The number of fused-ring (bicyclic) bond motifs is 4. The van der Waals surface area contributed by atoms with Crippen LogP contribution in [0.4, 0.5) is 27.3 Å². The van der Waals surface area contributed by atoms with E-state index in [9.17, 15) is 4.39 Å². The molecule has 37 heavy (non-hydrogen) atoms. The fourth-order valence-corrected chi connectivity index (χ4v) is 5.79. The second kappa shape index (κ2) is 8.53. The number of nitrogens with one attached hydrogen (secondary N) is 1. The molecular formula is C29H21FN6S. The highest BCUT2D eigenvalue weighted by atomic mass is 32.1. The number of halogens is 1. The summed E-state index contributed by atoms with van der Waals surface area (Å²) < 4.78 is 15.9. The van der Waals surface area contributed by atoms with Crippen LogP contribution in [0.15, 0.2) is 106 Å². The van der Waals surface area contributed by atoms with Crippen molar-refractivity contribution in [2.45, 2.75) is 13.0 Å². The van der Waals surface area contributed by atoms with Gasteiger partial charge in [0.2, 0.25) is 0 Å². The Labute approximate surface area is 217 Å². The molecule has 2 aliphatic heterocycles. The third-order valence-corrected chi connectivity index (χ3v) is 7.46. The zero-order chi connectivity index (χ0) is 24.9. The van der Waals surface area contributed by atoms with Gasteiger partial charge in [0.15, 0.2) is 17.5 Å². The van der Waals surface area contributed by atoms with Gasteiger partial charge in [-0.1, -0.05) is 42.5 Å². The second-order valence-corrected chi connectivity index (χ2v) is 9.86. The molecule has 1 N–H and O–H groups in total. The number of anilines is 2. The van der Waals surface area contributed by atoms with Gasteiger partial charge in [-0.05, 0) is 60.8 Å². The Hall–Kier alpha value is -4.56.